The van der Waals surface area contributed by atoms with Crippen LogP contribution in [0.4, 0.5) is 5.69 Å². The van der Waals surface area contributed by atoms with Gasteiger partial charge < -0.3 is 11.1 Å². The first-order chi connectivity index (χ1) is 7.82. The lowest BCUT2D eigenvalue weighted by atomic mass is 10.0. The number of hydrogen-bond acceptors (Lipinski definition) is 2. The van der Waals surface area contributed by atoms with Crippen molar-refractivity contribution in [2.45, 2.75) is 26.8 Å². The van der Waals surface area contributed by atoms with Crippen LogP contribution in [0, 0.1) is 12.8 Å². The van der Waals surface area contributed by atoms with E-state index in [9.17, 15) is 4.79 Å². The Bertz CT molecular complexity index is 435. The van der Waals surface area contributed by atoms with Crippen LogP contribution in [-0.2, 0) is 4.79 Å². The summed E-state index contributed by atoms with van der Waals surface area (Å²) in [6, 6.07) is 3.05. The molecule has 1 aromatic rings. The normalized spacial score (nSPS) is 12.6. The monoisotopic (exact) mass is 318 g/mol. The summed E-state index contributed by atoms with van der Waals surface area (Å²) >= 11 is 9.39. The van der Waals surface area contributed by atoms with E-state index >= 15 is 0 Å². The van der Waals surface area contributed by atoms with Crippen molar-refractivity contribution in [2.24, 2.45) is 11.7 Å². The van der Waals surface area contributed by atoms with Crippen molar-refractivity contribution in [3.05, 3.63) is 27.2 Å². The highest BCUT2D eigenvalue weighted by Gasteiger charge is 2.18. The Balaban J connectivity index is 2.89. The lowest BCUT2D eigenvalue weighted by Gasteiger charge is -2.16. The van der Waals surface area contributed by atoms with Crippen molar-refractivity contribution in [1.29, 1.82) is 0 Å². The summed E-state index contributed by atoms with van der Waals surface area (Å²) in [7, 11) is 0. The van der Waals surface area contributed by atoms with Crippen LogP contribution in [0.15, 0.2) is 16.6 Å². The van der Waals surface area contributed by atoms with Gasteiger partial charge in [-0.15, -0.1) is 0 Å². The zero-order valence-electron chi connectivity index (χ0n) is 10.1. The van der Waals surface area contributed by atoms with Gasteiger partial charge in [0, 0.05) is 9.50 Å². The summed E-state index contributed by atoms with van der Waals surface area (Å²) in [5.41, 5.74) is 7.35. The van der Waals surface area contributed by atoms with Gasteiger partial charge in [0.1, 0.15) is 0 Å². The molecular formula is C12H16BrClN2O. The molecule has 3 nitrogen and oxygen atoms in total. The van der Waals surface area contributed by atoms with Gasteiger partial charge in [-0.2, -0.15) is 0 Å². The highest BCUT2D eigenvalue weighted by Crippen LogP contribution is 2.29. The second kappa shape index (κ2) is 5.85. The number of carbonyl (C=O) groups excluding carboxylic acids is 1. The third-order valence-electron chi connectivity index (χ3n) is 2.53. The molecule has 5 heteroatoms. The molecule has 3 N–H and O–H groups in total. The van der Waals surface area contributed by atoms with Crippen LogP contribution in [0.3, 0.4) is 0 Å². The van der Waals surface area contributed by atoms with E-state index in [0.29, 0.717) is 10.7 Å². The Hall–Kier alpha value is -0.580. The van der Waals surface area contributed by atoms with E-state index in [1.54, 1.807) is 6.07 Å². The molecule has 0 fully saturated rings. The topological polar surface area (TPSA) is 55.1 Å². The Morgan fingerprint density at radius 2 is 2.06 bits per heavy atom. The number of aryl methyl sites for hydroxylation is 1. The molecule has 0 heterocycles. The van der Waals surface area contributed by atoms with Gasteiger partial charge in [0.15, 0.2) is 0 Å². The van der Waals surface area contributed by atoms with Gasteiger partial charge in [-0.1, -0.05) is 25.4 Å². The number of halogens is 2. The number of rotatable bonds is 3. The fraction of sp³-hybridized carbons (Fsp3) is 0.417. The third-order valence-corrected chi connectivity index (χ3v) is 3.59. The van der Waals surface area contributed by atoms with Crippen molar-refractivity contribution < 1.29 is 4.79 Å². The van der Waals surface area contributed by atoms with Crippen molar-refractivity contribution in [3.63, 3.8) is 0 Å². The standard InChI is InChI=1S/C12H16BrClN2O/c1-6(2)11(15)12(17)16-10-5-9(14)7(3)4-8(10)13/h4-6,11H,15H2,1-3H3,(H,16,17)/t11-/m1/s1. The van der Waals surface area contributed by atoms with Gasteiger partial charge in [0.05, 0.1) is 11.7 Å². The van der Waals surface area contributed by atoms with Gasteiger partial charge in [-0.05, 0) is 46.5 Å². The zero-order valence-corrected chi connectivity index (χ0v) is 12.4. The number of benzene rings is 1. The molecule has 17 heavy (non-hydrogen) atoms. The van der Waals surface area contributed by atoms with Crippen molar-refractivity contribution in [2.75, 3.05) is 5.32 Å². The smallest absolute Gasteiger partial charge is 0.241 e. The predicted octanol–water partition coefficient (Wildman–Crippen LogP) is 3.33. The molecule has 0 spiro atoms. The molecule has 0 aliphatic rings. The number of carbonyl (C=O) groups is 1. The summed E-state index contributed by atoms with van der Waals surface area (Å²) in [6.07, 6.45) is 0. The van der Waals surface area contributed by atoms with E-state index in [-0.39, 0.29) is 11.8 Å². The fourth-order valence-corrected chi connectivity index (χ4v) is 1.98. The lowest BCUT2D eigenvalue weighted by Crippen LogP contribution is -2.39. The molecule has 1 rings (SSSR count). The summed E-state index contributed by atoms with van der Waals surface area (Å²) in [6.45, 7) is 5.71. The van der Waals surface area contributed by atoms with Crippen molar-refractivity contribution >= 4 is 39.1 Å². The minimum absolute atomic E-state index is 0.0923. The average molecular weight is 320 g/mol. The molecule has 0 aromatic heterocycles. The maximum Gasteiger partial charge on any atom is 0.241 e. The minimum atomic E-state index is -0.526. The molecule has 1 atom stereocenters. The number of amides is 1. The maximum atomic E-state index is 11.8. The van der Waals surface area contributed by atoms with Crippen LogP contribution in [0.25, 0.3) is 0 Å². The first-order valence-electron chi connectivity index (χ1n) is 5.35. The van der Waals surface area contributed by atoms with Crippen molar-refractivity contribution in [1.82, 2.24) is 0 Å². The molecule has 0 saturated heterocycles. The third kappa shape index (κ3) is 3.69. The highest BCUT2D eigenvalue weighted by molar-refractivity contribution is 9.10. The molecule has 94 valence electrons. The van der Waals surface area contributed by atoms with E-state index in [0.717, 1.165) is 10.0 Å². The first-order valence-corrected chi connectivity index (χ1v) is 6.52. The van der Waals surface area contributed by atoms with Crippen LogP contribution >= 0.6 is 27.5 Å². The van der Waals surface area contributed by atoms with Gasteiger partial charge in [-0.25, -0.2) is 0 Å². The van der Waals surface area contributed by atoms with Crippen LogP contribution in [-0.4, -0.2) is 11.9 Å². The van der Waals surface area contributed by atoms with E-state index in [2.05, 4.69) is 21.2 Å². The molecule has 0 aliphatic carbocycles. The van der Waals surface area contributed by atoms with E-state index in [1.165, 1.54) is 0 Å². The molecule has 0 aliphatic heterocycles. The van der Waals surface area contributed by atoms with Crippen LogP contribution in [0.2, 0.25) is 5.02 Å². The summed E-state index contributed by atoms with van der Waals surface area (Å²) in [5, 5.41) is 3.38. The lowest BCUT2D eigenvalue weighted by molar-refractivity contribution is -0.118. The van der Waals surface area contributed by atoms with Crippen molar-refractivity contribution in [3.8, 4) is 0 Å². The molecule has 0 radical (unpaired) electrons. The Kier molecular flexibility index (Phi) is 4.98. The molecule has 1 aromatic carbocycles. The van der Waals surface area contributed by atoms with E-state index < -0.39 is 6.04 Å². The highest BCUT2D eigenvalue weighted by atomic mass is 79.9. The second-order valence-corrected chi connectivity index (χ2v) is 5.60. The Morgan fingerprint density at radius 1 is 1.47 bits per heavy atom. The molecule has 0 bridgehead atoms. The van der Waals surface area contributed by atoms with Gasteiger partial charge >= 0.3 is 0 Å². The number of nitrogens with two attached hydrogens (primary N) is 1. The number of nitrogens with one attached hydrogen (secondary N) is 1. The molecule has 1 amide bonds. The zero-order chi connectivity index (χ0) is 13.2. The second-order valence-electron chi connectivity index (χ2n) is 4.34. The van der Waals surface area contributed by atoms with Crippen LogP contribution in [0.5, 0.6) is 0 Å². The summed E-state index contributed by atoms with van der Waals surface area (Å²) in [4.78, 5) is 11.8. The fourth-order valence-electron chi connectivity index (χ4n) is 1.26. The summed E-state index contributed by atoms with van der Waals surface area (Å²) in [5.74, 6) is -0.115. The van der Waals surface area contributed by atoms with Crippen LogP contribution < -0.4 is 11.1 Å². The molecular weight excluding hydrogens is 304 g/mol. The maximum absolute atomic E-state index is 11.8. The molecule has 0 saturated carbocycles. The Morgan fingerprint density at radius 3 is 2.59 bits per heavy atom. The Labute approximate surface area is 115 Å². The SMILES string of the molecule is Cc1cc(Br)c(NC(=O)[C@H](N)C(C)C)cc1Cl. The average Bonchev–Trinajstić information content (AvgIpc) is 2.24. The first kappa shape index (κ1) is 14.5. The van der Waals surface area contributed by atoms with Crippen LogP contribution in [0.1, 0.15) is 19.4 Å². The van der Waals surface area contributed by atoms with Gasteiger partial charge in [0.2, 0.25) is 5.91 Å². The largest absolute Gasteiger partial charge is 0.324 e. The van der Waals surface area contributed by atoms with E-state index in [1.807, 2.05) is 26.8 Å². The quantitative estimate of drug-likeness (QED) is 0.898. The minimum Gasteiger partial charge on any atom is -0.324 e. The van der Waals surface area contributed by atoms with Gasteiger partial charge in [0.25, 0.3) is 0 Å². The number of anilines is 1. The van der Waals surface area contributed by atoms with Gasteiger partial charge in [-0.3, -0.25) is 4.79 Å². The van der Waals surface area contributed by atoms with E-state index in [4.69, 9.17) is 17.3 Å². The summed E-state index contributed by atoms with van der Waals surface area (Å²) < 4.78 is 0.795. The number of hydrogen-bond donors (Lipinski definition) is 2. The molecule has 0 unspecified atom stereocenters. The predicted molar refractivity (Wildman–Crippen MR) is 75.3 cm³/mol.